The molecule has 6 fully saturated rings. The number of nitrogens with zero attached hydrogens (tertiary/aromatic N) is 1. The quantitative estimate of drug-likeness (QED) is 0.300. The highest BCUT2D eigenvalue weighted by molar-refractivity contribution is 5.90. The molecule has 1 saturated heterocycles. The van der Waals surface area contributed by atoms with Crippen molar-refractivity contribution in [2.24, 2.45) is 61.3 Å². The lowest BCUT2D eigenvalue weighted by Crippen LogP contribution is -2.67. The molecule has 0 spiro atoms. The molecule has 1 heterocycles. The maximum Gasteiger partial charge on any atom is 0.0663 e. The van der Waals surface area contributed by atoms with Gasteiger partial charge in [-0.3, -0.25) is 0 Å². The second-order valence-corrected chi connectivity index (χ2v) is 15.5. The third-order valence-electron chi connectivity index (χ3n) is 14.0. The van der Waals surface area contributed by atoms with Gasteiger partial charge in [-0.2, -0.15) is 0 Å². The van der Waals surface area contributed by atoms with Crippen LogP contribution in [0.15, 0.2) is 5.16 Å². The zero-order valence-corrected chi connectivity index (χ0v) is 22.5. The van der Waals surface area contributed by atoms with E-state index in [9.17, 15) is 5.21 Å². The van der Waals surface area contributed by atoms with Crippen molar-refractivity contribution in [1.29, 1.82) is 0 Å². The zero-order chi connectivity index (χ0) is 23.7. The van der Waals surface area contributed by atoms with Crippen LogP contribution in [0.5, 0.6) is 0 Å². The fraction of sp³-hybridized carbons (Fsp3) is 0.967. The van der Waals surface area contributed by atoms with Crippen molar-refractivity contribution in [3.63, 3.8) is 0 Å². The molecule has 1 N–H and O–H groups in total. The molecule has 33 heavy (non-hydrogen) atoms. The highest BCUT2D eigenvalue weighted by atomic mass is 16.5. The standard InChI is InChI=1S/C30H49NO2/c1-25(2)14-16-30-17-15-28(6)19(23(30)24(25)33-18-30)8-9-21-27(5)12-11-22(31-32)26(3,4)20(27)10-13-29(21,28)7/h19-21,23-24,32H,8-18H2,1-7H3/b31-22-/t19-,20+,21-,23+,24-,27+,28-,29-,30+/m1/s1. The van der Waals surface area contributed by atoms with Crippen molar-refractivity contribution in [3.05, 3.63) is 0 Å². The average Bonchev–Trinajstić information content (AvgIpc) is 3.07. The van der Waals surface area contributed by atoms with Gasteiger partial charge in [-0.15, -0.1) is 0 Å². The van der Waals surface area contributed by atoms with E-state index in [0.717, 1.165) is 36.5 Å². The molecule has 186 valence electrons. The molecule has 3 heteroatoms. The molecule has 0 aromatic carbocycles. The molecule has 5 saturated carbocycles. The minimum Gasteiger partial charge on any atom is -0.411 e. The Balaban J connectivity index is 1.39. The summed E-state index contributed by atoms with van der Waals surface area (Å²) < 4.78 is 6.71. The van der Waals surface area contributed by atoms with E-state index < -0.39 is 0 Å². The Labute approximate surface area is 202 Å². The molecule has 2 bridgehead atoms. The Morgan fingerprint density at radius 1 is 0.788 bits per heavy atom. The van der Waals surface area contributed by atoms with Gasteiger partial charge < -0.3 is 9.94 Å². The molecule has 0 radical (unpaired) electrons. The summed E-state index contributed by atoms with van der Waals surface area (Å²) in [6.07, 6.45) is 13.6. The van der Waals surface area contributed by atoms with Gasteiger partial charge >= 0.3 is 0 Å². The lowest BCUT2D eigenvalue weighted by molar-refractivity contribution is -0.235. The zero-order valence-electron chi connectivity index (χ0n) is 22.5. The highest BCUT2D eigenvalue weighted by Gasteiger charge is 2.72. The van der Waals surface area contributed by atoms with Crippen LogP contribution >= 0.6 is 0 Å². The van der Waals surface area contributed by atoms with Crippen LogP contribution in [0.25, 0.3) is 0 Å². The van der Waals surface area contributed by atoms with Crippen LogP contribution in [0.3, 0.4) is 0 Å². The third kappa shape index (κ3) is 2.54. The normalized spacial score (nSPS) is 57.5. The Morgan fingerprint density at radius 3 is 2.24 bits per heavy atom. The SMILES string of the molecule is CC1(C)CC[C@@]23CC[C@]4(C)[C@H](CC[C@@H]5[C@@]6(C)CC/C(=N/O)C(C)(C)[C@@H]6CC[C@]54C)[C@H]2[C@H]1OC3. The summed E-state index contributed by atoms with van der Waals surface area (Å²) in [5.74, 6) is 3.02. The monoisotopic (exact) mass is 455 g/mol. The Kier molecular flexibility index (Phi) is 4.57. The van der Waals surface area contributed by atoms with Gasteiger partial charge in [-0.1, -0.05) is 53.6 Å². The molecule has 0 amide bonds. The average molecular weight is 456 g/mol. The van der Waals surface area contributed by atoms with E-state index in [1.165, 1.54) is 57.8 Å². The molecule has 0 aromatic heterocycles. The minimum absolute atomic E-state index is 0.0117. The fourth-order valence-corrected chi connectivity index (χ4v) is 12.0. The molecular formula is C30H49NO2. The fourth-order valence-electron chi connectivity index (χ4n) is 12.0. The number of rotatable bonds is 0. The van der Waals surface area contributed by atoms with E-state index in [4.69, 9.17) is 4.74 Å². The van der Waals surface area contributed by atoms with Crippen LogP contribution in [0.1, 0.15) is 113 Å². The van der Waals surface area contributed by atoms with Crippen molar-refractivity contribution in [2.45, 2.75) is 119 Å². The van der Waals surface area contributed by atoms with Crippen molar-refractivity contribution < 1.29 is 9.94 Å². The Hall–Kier alpha value is -0.570. The molecule has 0 unspecified atom stereocenters. The largest absolute Gasteiger partial charge is 0.411 e. The number of hydrogen-bond donors (Lipinski definition) is 1. The van der Waals surface area contributed by atoms with Gasteiger partial charge in [0.2, 0.25) is 0 Å². The van der Waals surface area contributed by atoms with Gasteiger partial charge in [0, 0.05) is 5.41 Å². The number of hydrogen-bond acceptors (Lipinski definition) is 3. The maximum absolute atomic E-state index is 9.76. The van der Waals surface area contributed by atoms with E-state index in [1.54, 1.807) is 0 Å². The van der Waals surface area contributed by atoms with Crippen molar-refractivity contribution >= 4 is 5.71 Å². The molecule has 6 rings (SSSR count). The summed E-state index contributed by atoms with van der Waals surface area (Å²) in [4.78, 5) is 0. The smallest absolute Gasteiger partial charge is 0.0663 e. The van der Waals surface area contributed by atoms with E-state index in [1.807, 2.05) is 0 Å². The van der Waals surface area contributed by atoms with Gasteiger partial charge in [-0.25, -0.2) is 0 Å². The lowest BCUT2D eigenvalue weighted by Gasteiger charge is -2.73. The van der Waals surface area contributed by atoms with Crippen LogP contribution < -0.4 is 0 Å². The third-order valence-corrected chi connectivity index (χ3v) is 14.0. The summed E-state index contributed by atoms with van der Waals surface area (Å²) in [6.45, 7) is 18.8. The number of oxime groups is 1. The van der Waals surface area contributed by atoms with E-state index in [-0.39, 0.29) is 5.41 Å². The topological polar surface area (TPSA) is 41.8 Å². The van der Waals surface area contributed by atoms with Crippen molar-refractivity contribution in [2.75, 3.05) is 6.61 Å². The van der Waals surface area contributed by atoms with Crippen molar-refractivity contribution in [1.82, 2.24) is 0 Å². The molecule has 3 nitrogen and oxygen atoms in total. The number of fused-ring (bicyclic) bond motifs is 5. The first-order valence-electron chi connectivity index (χ1n) is 14.2. The summed E-state index contributed by atoms with van der Waals surface area (Å²) in [6, 6.07) is 0. The van der Waals surface area contributed by atoms with Gasteiger partial charge in [0.25, 0.3) is 0 Å². The highest BCUT2D eigenvalue weighted by Crippen LogP contribution is 2.77. The molecular weight excluding hydrogens is 406 g/mol. The molecule has 1 aliphatic heterocycles. The first-order chi connectivity index (χ1) is 15.4. The van der Waals surface area contributed by atoms with Crippen LogP contribution in [-0.2, 0) is 4.74 Å². The predicted octanol–water partition coefficient (Wildman–Crippen LogP) is 7.71. The first kappa shape index (κ1) is 22.9. The van der Waals surface area contributed by atoms with E-state index in [0.29, 0.717) is 39.1 Å². The summed E-state index contributed by atoms with van der Waals surface area (Å²) in [5.41, 5.74) is 3.06. The molecule has 9 atom stereocenters. The van der Waals surface area contributed by atoms with Gasteiger partial charge in [0.05, 0.1) is 18.4 Å². The Bertz CT molecular complexity index is 877. The molecule has 6 aliphatic rings. The first-order valence-corrected chi connectivity index (χ1v) is 14.2. The summed E-state index contributed by atoms with van der Waals surface area (Å²) in [7, 11) is 0. The van der Waals surface area contributed by atoms with Crippen LogP contribution in [-0.4, -0.2) is 23.6 Å². The van der Waals surface area contributed by atoms with E-state index in [2.05, 4.69) is 53.6 Å². The van der Waals surface area contributed by atoms with Crippen LogP contribution in [0.4, 0.5) is 0 Å². The summed E-state index contributed by atoms with van der Waals surface area (Å²) in [5, 5.41) is 13.6. The Morgan fingerprint density at radius 2 is 1.52 bits per heavy atom. The molecule has 5 aliphatic carbocycles. The predicted molar refractivity (Wildman–Crippen MR) is 133 cm³/mol. The lowest BCUT2D eigenvalue weighted by atomic mass is 9.31. The summed E-state index contributed by atoms with van der Waals surface area (Å²) >= 11 is 0. The minimum atomic E-state index is 0.0117. The van der Waals surface area contributed by atoms with Crippen LogP contribution in [0, 0.1) is 56.2 Å². The molecule has 0 aromatic rings. The number of ether oxygens (including phenoxy) is 1. The van der Waals surface area contributed by atoms with Gasteiger partial charge in [0.15, 0.2) is 0 Å². The van der Waals surface area contributed by atoms with Crippen LogP contribution in [0.2, 0.25) is 0 Å². The second-order valence-electron chi connectivity index (χ2n) is 15.5. The van der Waals surface area contributed by atoms with Gasteiger partial charge in [0.1, 0.15) is 0 Å². The van der Waals surface area contributed by atoms with Crippen molar-refractivity contribution in [3.8, 4) is 0 Å². The maximum atomic E-state index is 9.76. The second kappa shape index (κ2) is 6.60. The van der Waals surface area contributed by atoms with E-state index >= 15 is 0 Å². The van der Waals surface area contributed by atoms with Gasteiger partial charge in [-0.05, 0) is 115 Å².